The number of carbonyl (C=O) groups is 1. The van der Waals surface area contributed by atoms with E-state index in [1.807, 2.05) is 0 Å². The highest BCUT2D eigenvalue weighted by molar-refractivity contribution is 7.92. The zero-order valence-corrected chi connectivity index (χ0v) is 12.3. The lowest BCUT2D eigenvalue weighted by atomic mass is 10.1. The highest BCUT2D eigenvalue weighted by atomic mass is 32.2. The van der Waals surface area contributed by atoms with Crippen LogP contribution in [0.1, 0.15) is 21.5 Å². The van der Waals surface area contributed by atoms with Crippen LogP contribution in [0.4, 0.5) is 5.69 Å². The summed E-state index contributed by atoms with van der Waals surface area (Å²) in [6, 6.07) is 5.54. The van der Waals surface area contributed by atoms with Gasteiger partial charge in [0.2, 0.25) is 0 Å². The van der Waals surface area contributed by atoms with E-state index >= 15 is 0 Å². The molecule has 7 heteroatoms. The molecule has 0 bridgehead atoms. The maximum Gasteiger partial charge on any atom is 0.335 e. The van der Waals surface area contributed by atoms with Gasteiger partial charge in [-0.3, -0.25) is 9.71 Å². The molecule has 0 aliphatic rings. The number of aromatic carboxylic acids is 1. The molecule has 6 nitrogen and oxygen atoms in total. The Balaban J connectivity index is 2.43. The van der Waals surface area contributed by atoms with E-state index in [4.69, 9.17) is 5.11 Å². The lowest BCUT2D eigenvalue weighted by Gasteiger charge is -2.11. The van der Waals surface area contributed by atoms with E-state index in [2.05, 4.69) is 9.71 Å². The lowest BCUT2D eigenvalue weighted by Crippen LogP contribution is -2.15. The van der Waals surface area contributed by atoms with Crippen LogP contribution in [0, 0.1) is 13.8 Å². The molecule has 0 aliphatic carbocycles. The third-order valence-electron chi connectivity index (χ3n) is 3.01. The first kappa shape index (κ1) is 15.0. The number of hydrogen-bond donors (Lipinski definition) is 2. The van der Waals surface area contributed by atoms with Crippen molar-refractivity contribution in [3.8, 4) is 0 Å². The Morgan fingerprint density at radius 1 is 1.19 bits per heavy atom. The summed E-state index contributed by atoms with van der Waals surface area (Å²) in [4.78, 5) is 14.9. The van der Waals surface area contributed by atoms with Gasteiger partial charge in [0, 0.05) is 12.4 Å². The van der Waals surface area contributed by atoms with Crippen molar-refractivity contribution in [2.24, 2.45) is 0 Å². The van der Waals surface area contributed by atoms with E-state index < -0.39 is 16.0 Å². The zero-order chi connectivity index (χ0) is 15.6. The summed E-state index contributed by atoms with van der Waals surface area (Å²) in [5.41, 5.74) is 1.54. The molecule has 0 unspecified atom stereocenters. The molecule has 0 spiro atoms. The van der Waals surface area contributed by atoms with Gasteiger partial charge < -0.3 is 5.11 Å². The average Bonchev–Trinajstić information content (AvgIpc) is 2.41. The topological polar surface area (TPSA) is 96.4 Å². The fourth-order valence-electron chi connectivity index (χ4n) is 1.79. The number of benzene rings is 1. The monoisotopic (exact) mass is 306 g/mol. The average molecular weight is 306 g/mol. The number of anilines is 1. The minimum atomic E-state index is -3.85. The molecule has 0 amide bonds. The predicted molar refractivity (Wildman–Crippen MR) is 77.9 cm³/mol. The molecular weight excluding hydrogens is 292 g/mol. The Labute approximate surface area is 122 Å². The van der Waals surface area contributed by atoms with Crippen molar-refractivity contribution in [3.63, 3.8) is 0 Å². The summed E-state index contributed by atoms with van der Waals surface area (Å²) in [6.07, 6.45) is 3.01. The zero-order valence-electron chi connectivity index (χ0n) is 11.5. The normalized spacial score (nSPS) is 11.1. The van der Waals surface area contributed by atoms with Crippen LogP contribution in [0.15, 0.2) is 41.6 Å². The van der Waals surface area contributed by atoms with Crippen LogP contribution in [-0.2, 0) is 10.0 Å². The summed E-state index contributed by atoms with van der Waals surface area (Å²) in [6.45, 7) is 3.34. The number of nitrogens with one attached hydrogen (secondary N) is 1. The summed E-state index contributed by atoms with van der Waals surface area (Å²) in [5, 5.41) is 9.07. The van der Waals surface area contributed by atoms with Gasteiger partial charge in [-0.05, 0) is 43.2 Å². The van der Waals surface area contributed by atoms with Gasteiger partial charge in [0.1, 0.15) is 0 Å². The molecule has 21 heavy (non-hydrogen) atoms. The Bertz CT molecular complexity index is 800. The Morgan fingerprint density at radius 2 is 1.90 bits per heavy atom. The second kappa shape index (κ2) is 5.53. The number of sulfonamides is 1. The predicted octanol–water partition coefficient (Wildman–Crippen LogP) is 2.20. The molecule has 1 aromatic heterocycles. The van der Waals surface area contributed by atoms with Crippen molar-refractivity contribution >= 4 is 21.7 Å². The number of aromatic nitrogens is 1. The first-order valence-corrected chi connectivity index (χ1v) is 7.57. The second-order valence-electron chi connectivity index (χ2n) is 4.58. The third kappa shape index (κ3) is 3.19. The van der Waals surface area contributed by atoms with Crippen molar-refractivity contribution in [1.29, 1.82) is 0 Å². The number of hydrogen-bond acceptors (Lipinski definition) is 4. The maximum atomic E-state index is 12.3. The molecule has 2 rings (SSSR count). The van der Waals surface area contributed by atoms with Gasteiger partial charge in [0.15, 0.2) is 0 Å². The number of carboxylic acid groups (broad SMARTS) is 1. The Kier molecular flexibility index (Phi) is 3.95. The number of pyridine rings is 1. The summed E-state index contributed by atoms with van der Waals surface area (Å²) in [5.74, 6) is -1.16. The molecule has 0 saturated heterocycles. The van der Waals surface area contributed by atoms with Crippen molar-refractivity contribution in [2.45, 2.75) is 18.7 Å². The summed E-state index contributed by atoms with van der Waals surface area (Å²) < 4.78 is 27.1. The maximum absolute atomic E-state index is 12.3. The van der Waals surface area contributed by atoms with E-state index in [-0.39, 0.29) is 10.5 Å². The number of rotatable bonds is 4. The molecular formula is C14H14N2O4S. The number of nitrogens with zero attached hydrogens (tertiary/aromatic N) is 1. The van der Waals surface area contributed by atoms with Crippen molar-refractivity contribution < 1.29 is 18.3 Å². The van der Waals surface area contributed by atoms with Crippen molar-refractivity contribution in [2.75, 3.05) is 4.72 Å². The molecule has 2 N–H and O–H groups in total. The van der Waals surface area contributed by atoms with Crippen LogP contribution in [0.3, 0.4) is 0 Å². The molecule has 2 aromatic rings. The van der Waals surface area contributed by atoms with Crippen LogP contribution in [-0.4, -0.2) is 24.5 Å². The van der Waals surface area contributed by atoms with Crippen LogP contribution in [0.5, 0.6) is 0 Å². The van der Waals surface area contributed by atoms with Gasteiger partial charge in [0.05, 0.1) is 16.1 Å². The number of aryl methyl sites for hydroxylation is 2. The SMILES string of the molecule is Cc1cnccc1NS(=O)(=O)c1ccc(C)c(C(=O)O)c1. The summed E-state index contributed by atoms with van der Waals surface area (Å²) >= 11 is 0. The first-order valence-electron chi connectivity index (χ1n) is 6.08. The molecule has 1 heterocycles. The van der Waals surface area contributed by atoms with Crippen molar-refractivity contribution in [1.82, 2.24) is 4.98 Å². The van der Waals surface area contributed by atoms with Gasteiger partial charge >= 0.3 is 5.97 Å². The Morgan fingerprint density at radius 3 is 2.52 bits per heavy atom. The molecule has 0 atom stereocenters. The second-order valence-corrected chi connectivity index (χ2v) is 6.26. The fraction of sp³-hybridized carbons (Fsp3) is 0.143. The highest BCUT2D eigenvalue weighted by Gasteiger charge is 2.18. The first-order chi connectivity index (χ1) is 9.81. The molecule has 0 aliphatic heterocycles. The number of carboxylic acids is 1. The largest absolute Gasteiger partial charge is 0.478 e. The van der Waals surface area contributed by atoms with Gasteiger partial charge in [-0.15, -0.1) is 0 Å². The van der Waals surface area contributed by atoms with E-state index in [9.17, 15) is 13.2 Å². The van der Waals surface area contributed by atoms with E-state index in [1.54, 1.807) is 19.9 Å². The lowest BCUT2D eigenvalue weighted by molar-refractivity contribution is 0.0696. The van der Waals surface area contributed by atoms with Crippen LogP contribution in [0.2, 0.25) is 0 Å². The van der Waals surface area contributed by atoms with Gasteiger partial charge in [0.25, 0.3) is 10.0 Å². The highest BCUT2D eigenvalue weighted by Crippen LogP contribution is 2.20. The molecule has 0 radical (unpaired) electrons. The van der Waals surface area contributed by atoms with Gasteiger partial charge in [-0.1, -0.05) is 6.07 Å². The van der Waals surface area contributed by atoms with E-state index in [1.165, 1.54) is 24.5 Å². The van der Waals surface area contributed by atoms with Crippen LogP contribution in [0.25, 0.3) is 0 Å². The van der Waals surface area contributed by atoms with Crippen LogP contribution < -0.4 is 4.72 Å². The van der Waals surface area contributed by atoms with Crippen LogP contribution >= 0.6 is 0 Å². The molecule has 0 fully saturated rings. The van der Waals surface area contributed by atoms with E-state index in [0.29, 0.717) is 16.8 Å². The smallest absolute Gasteiger partial charge is 0.335 e. The fourth-order valence-corrected chi connectivity index (χ4v) is 2.95. The quantitative estimate of drug-likeness (QED) is 0.902. The minimum absolute atomic E-state index is 0.0377. The van der Waals surface area contributed by atoms with E-state index in [0.717, 1.165) is 6.07 Å². The molecule has 0 saturated carbocycles. The minimum Gasteiger partial charge on any atom is -0.478 e. The van der Waals surface area contributed by atoms with Gasteiger partial charge in [-0.2, -0.15) is 0 Å². The van der Waals surface area contributed by atoms with Gasteiger partial charge in [-0.25, -0.2) is 13.2 Å². The van der Waals surface area contributed by atoms with Crippen molar-refractivity contribution in [3.05, 3.63) is 53.3 Å². The standard InChI is InChI=1S/C14H14N2O4S/c1-9-3-4-11(7-12(9)14(17)18)21(19,20)16-13-5-6-15-8-10(13)2/h3-8H,1-2H3,(H,15,16)(H,17,18). The Hall–Kier alpha value is -2.41. The molecule has 1 aromatic carbocycles. The third-order valence-corrected chi connectivity index (χ3v) is 4.38. The molecule has 110 valence electrons. The summed E-state index contributed by atoms with van der Waals surface area (Å²) in [7, 11) is -3.85.